The molecular formula is C24H25ClN4O2. The average Bonchev–Trinajstić information content (AvgIpc) is 2.80. The van der Waals surface area contributed by atoms with Gasteiger partial charge in [0.15, 0.2) is 0 Å². The molecule has 1 saturated heterocycles. The van der Waals surface area contributed by atoms with Crippen LogP contribution in [0.25, 0.3) is 11.1 Å². The van der Waals surface area contributed by atoms with Crippen molar-refractivity contribution in [3.8, 4) is 11.1 Å². The average molecular weight is 437 g/mol. The lowest BCUT2D eigenvalue weighted by molar-refractivity contribution is 0.102. The predicted molar refractivity (Wildman–Crippen MR) is 126 cm³/mol. The van der Waals surface area contributed by atoms with E-state index < -0.39 is 0 Å². The van der Waals surface area contributed by atoms with Gasteiger partial charge in [-0.15, -0.1) is 0 Å². The highest BCUT2D eigenvalue weighted by Gasteiger charge is 2.18. The number of hydrogen-bond donors (Lipinski definition) is 1. The Balaban J connectivity index is 1.60. The number of rotatable bonds is 5. The molecule has 1 aliphatic heterocycles. The smallest absolute Gasteiger partial charge is 0.257 e. The summed E-state index contributed by atoms with van der Waals surface area (Å²) in [5.41, 5.74) is 3.72. The number of carbonyl (C=O) groups excluding carboxylic acids is 1. The molecule has 1 aliphatic rings. The number of benzene rings is 2. The molecule has 1 N–H and O–H groups in total. The fraction of sp³-hybridized carbons (Fsp3) is 0.250. The van der Waals surface area contributed by atoms with Crippen molar-refractivity contribution in [2.24, 2.45) is 0 Å². The van der Waals surface area contributed by atoms with Crippen molar-refractivity contribution in [3.05, 3.63) is 71.4 Å². The molecule has 7 heteroatoms. The lowest BCUT2D eigenvalue weighted by Gasteiger charge is -2.27. The lowest BCUT2D eigenvalue weighted by atomic mass is 10.0. The van der Waals surface area contributed by atoms with E-state index in [0.29, 0.717) is 29.5 Å². The molecule has 0 aliphatic carbocycles. The summed E-state index contributed by atoms with van der Waals surface area (Å²) in [7, 11) is 3.78. The van der Waals surface area contributed by atoms with E-state index in [1.807, 2.05) is 73.6 Å². The van der Waals surface area contributed by atoms with Crippen molar-refractivity contribution in [1.29, 1.82) is 0 Å². The summed E-state index contributed by atoms with van der Waals surface area (Å²) in [6, 6.07) is 17.3. The third-order valence-electron chi connectivity index (χ3n) is 5.24. The van der Waals surface area contributed by atoms with Crippen LogP contribution in [-0.2, 0) is 4.74 Å². The van der Waals surface area contributed by atoms with Crippen LogP contribution >= 0.6 is 11.6 Å². The monoisotopic (exact) mass is 436 g/mol. The third kappa shape index (κ3) is 4.81. The summed E-state index contributed by atoms with van der Waals surface area (Å²) >= 11 is 6.55. The van der Waals surface area contributed by atoms with Gasteiger partial charge in [-0.1, -0.05) is 41.9 Å². The van der Waals surface area contributed by atoms with Crippen LogP contribution < -0.4 is 15.1 Å². The number of carbonyl (C=O) groups is 1. The van der Waals surface area contributed by atoms with Crippen LogP contribution in [0.4, 0.5) is 17.2 Å². The van der Waals surface area contributed by atoms with Gasteiger partial charge in [0.2, 0.25) is 0 Å². The van der Waals surface area contributed by atoms with Crippen LogP contribution in [0.1, 0.15) is 10.4 Å². The highest BCUT2D eigenvalue weighted by atomic mass is 35.5. The van der Waals surface area contributed by atoms with E-state index in [1.165, 1.54) is 0 Å². The summed E-state index contributed by atoms with van der Waals surface area (Å²) in [6.07, 6.45) is 1.69. The maximum absolute atomic E-state index is 13.2. The van der Waals surface area contributed by atoms with E-state index >= 15 is 0 Å². The number of anilines is 3. The Morgan fingerprint density at radius 1 is 1.10 bits per heavy atom. The molecule has 0 radical (unpaired) electrons. The van der Waals surface area contributed by atoms with Gasteiger partial charge in [-0.3, -0.25) is 4.79 Å². The first-order chi connectivity index (χ1) is 15.0. The van der Waals surface area contributed by atoms with E-state index in [9.17, 15) is 4.79 Å². The van der Waals surface area contributed by atoms with Crippen molar-refractivity contribution >= 4 is 34.7 Å². The molecule has 0 unspecified atom stereocenters. The molecule has 3 aromatic rings. The first-order valence-corrected chi connectivity index (χ1v) is 10.6. The number of nitrogens with zero attached hydrogens (tertiary/aromatic N) is 3. The molecule has 0 bridgehead atoms. The van der Waals surface area contributed by atoms with Crippen molar-refractivity contribution in [2.45, 2.75) is 0 Å². The SMILES string of the molecule is CN(C)c1cc(Cl)c(-c2ccccc2)cc1C(=O)Nc1ccc(N2CCOCC2)nc1. The van der Waals surface area contributed by atoms with E-state index in [4.69, 9.17) is 16.3 Å². The predicted octanol–water partition coefficient (Wildman–Crippen LogP) is 4.56. The first-order valence-electron chi connectivity index (χ1n) is 10.2. The second-order valence-corrected chi connectivity index (χ2v) is 7.98. The van der Waals surface area contributed by atoms with Gasteiger partial charge in [-0.25, -0.2) is 4.98 Å². The Morgan fingerprint density at radius 3 is 2.48 bits per heavy atom. The van der Waals surface area contributed by atoms with Crippen LogP contribution in [0.2, 0.25) is 5.02 Å². The Hall–Kier alpha value is -3.09. The van der Waals surface area contributed by atoms with Gasteiger partial charge in [0.1, 0.15) is 5.82 Å². The topological polar surface area (TPSA) is 57.7 Å². The molecular weight excluding hydrogens is 412 g/mol. The standard InChI is InChI=1S/C24H25ClN4O2/c1-28(2)22-15-21(25)19(17-6-4-3-5-7-17)14-20(22)24(30)27-18-8-9-23(26-16-18)29-10-12-31-13-11-29/h3-9,14-16H,10-13H2,1-2H3,(H,27,30). The molecule has 2 heterocycles. The zero-order chi connectivity index (χ0) is 21.8. The molecule has 160 valence electrons. The normalized spacial score (nSPS) is 13.7. The van der Waals surface area contributed by atoms with Crippen LogP contribution in [-0.4, -0.2) is 51.3 Å². The minimum atomic E-state index is -0.210. The summed E-state index contributed by atoms with van der Waals surface area (Å²) in [5.74, 6) is 0.673. The number of pyridine rings is 1. The van der Waals surface area contributed by atoms with Gasteiger partial charge in [-0.2, -0.15) is 0 Å². The Kier molecular flexibility index (Phi) is 6.39. The van der Waals surface area contributed by atoms with E-state index in [2.05, 4.69) is 15.2 Å². The number of hydrogen-bond acceptors (Lipinski definition) is 5. The number of nitrogens with one attached hydrogen (secondary N) is 1. The molecule has 0 atom stereocenters. The minimum Gasteiger partial charge on any atom is -0.378 e. The van der Waals surface area contributed by atoms with Crippen LogP contribution in [0.3, 0.4) is 0 Å². The number of morpholine rings is 1. The Labute approximate surface area is 187 Å². The highest BCUT2D eigenvalue weighted by Crippen LogP contribution is 2.34. The number of aromatic nitrogens is 1. The molecule has 6 nitrogen and oxygen atoms in total. The van der Waals surface area contributed by atoms with Gasteiger partial charge < -0.3 is 19.9 Å². The molecule has 1 amide bonds. The van der Waals surface area contributed by atoms with Gasteiger partial charge in [0.25, 0.3) is 5.91 Å². The van der Waals surface area contributed by atoms with E-state index in [1.54, 1.807) is 6.20 Å². The largest absolute Gasteiger partial charge is 0.378 e. The van der Waals surface area contributed by atoms with Crippen LogP contribution in [0.5, 0.6) is 0 Å². The lowest BCUT2D eigenvalue weighted by Crippen LogP contribution is -2.36. The van der Waals surface area contributed by atoms with Crippen LogP contribution in [0, 0.1) is 0 Å². The summed E-state index contributed by atoms with van der Waals surface area (Å²) < 4.78 is 5.39. The molecule has 4 rings (SSSR count). The summed E-state index contributed by atoms with van der Waals surface area (Å²) in [4.78, 5) is 21.8. The number of halogens is 1. The van der Waals surface area contributed by atoms with Gasteiger partial charge >= 0.3 is 0 Å². The zero-order valence-electron chi connectivity index (χ0n) is 17.6. The van der Waals surface area contributed by atoms with E-state index in [0.717, 1.165) is 35.7 Å². The fourth-order valence-electron chi connectivity index (χ4n) is 3.59. The summed E-state index contributed by atoms with van der Waals surface area (Å²) in [5, 5.41) is 3.57. The van der Waals surface area contributed by atoms with Crippen molar-refractivity contribution in [1.82, 2.24) is 4.98 Å². The molecule has 1 fully saturated rings. The number of amides is 1. The molecule has 2 aromatic carbocycles. The molecule has 0 spiro atoms. The Morgan fingerprint density at radius 2 is 1.84 bits per heavy atom. The van der Waals surface area contributed by atoms with Gasteiger partial charge in [-0.05, 0) is 29.8 Å². The van der Waals surface area contributed by atoms with Gasteiger partial charge in [0.05, 0.1) is 41.4 Å². The number of ether oxygens (including phenoxy) is 1. The van der Waals surface area contributed by atoms with E-state index in [-0.39, 0.29) is 5.91 Å². The maximum Gasteiger partial charge on any atom is 0.257 e. The zero-order valence-corrected chi connectivity index (χ0v) is 18.4. The quantitative estimate of drug-likeness (QED) is 0.635. The highest BCUT2D eigenvalue weighted by molar-refractivity contribution is 6.34. The molecule has 1 aromatic heterocycles. The Bertz CT molecular complexity index is 1050. The second-order valence-electron chi connectivity index (χ2n) is 7.57. The summed E-state index contributed by atoms with van der Waals surface area (Å²) in [6.45, 7) is 3.04. The third-order valence-corrected chi connectivity index (χ3v) is 5.55. The van der Waals surface area contributed by atoms with Crippen molar-refractivity contribution < 1.29 is 9.53 Å². The van der Waals surface area contributed by atoms with Gasteiger partial charge in [0, 0.05) is 32.7 Å². The minimum absolute atomic E-state index is 0.210. The maximum atomic E-state index is 13.2. The first kappa shape index (κ1) is 21.2. The van der Waals surface area contributed by atoms with Crippen molar-refractivity contribution in [2.75, 3.05) is 55.5 Å². The molecule has 31 heavy (non-hydrogen) atoms. The van der Waals surface area contributed by atoms with Crippen molar-refractivity contribution in [3.63, 3.8) is 0 Å². The van der Waals surface area contributed by atoms with Crippen LogP contribution in [0.15, 0.2) is 60.8 Å². The second kappa shape index (κ2) is 9.37. The molecule has 0 saturated carbocycles. The fourth-order valence-corrected chi connectivity index (χ4v) is 3.86.